The smallest absolute Gasteiger partial charge is 0.0849 e. The van der Waals surface area contributed by atoms with E-state index in [1.807, 2.05) is 18.8 Å². The van der Waals surface area contributed by atoms with E-state index in [1.54, 1.807) is 0 Å². The van der Waals surface area contributed by atoms with Crippen LogP contribution in [0.3, 0.4) is 0 Å². The molecule has 2 atom stereocenters. The third kappa shape index (κ3) is 3.23. The van der Waals surface area contributed by atoms with E-state index in [0.29, 0.717) is 12.0 Å². The molecule has 2 unspecified atom stereocenters. The highest BCUT2D eigenvalue weighted by Crippen LogP contribution is 2.24. The van der Waals surface area contributed by atoms with Crippen molar-refractivity contribution >= 4 is 11.6 Å². The van der Waals surface area contributed by atoms with Gasteiger partial charge in [-0.25, -0.2) is 0 Å². The summed E-state index contributed by atoms with van der Waals surface area (Å²) < 4.78 is 1.93. The average Bonchev–Trinajstić information content (AvgIpc) is 2.58. The Bertz CT molecular complexity index is 356. The van der Waals surface area contributed by atoms with Crippen molar-refractivity contribution in [2.75, 3.05) is 7.05 Å². The lowest BCUT2D eigenvalue weighted by molar-refractivity contribution is 0.380. The van der Waals surface area contributed by atoms with Gasteiger partial charge in [-0.2, -0.15) is 5.10 Å². The summed E-state index contributed by atoms with van der Waals surface area (Å²) in [5, 5.41) is 8.67. The van der Waals surface area contributed by atoms with Crippen LogP contribution in [-0.4, -0.2) is 22.9 Å². The van der Waals surface area contributed by atoms with Crippen LogP contribution in [0, 0.1) is 5.92 Å². The minimum Gasteiger partial charge on any atom is -0.317 e. The fourth-order valence-electron chi connectivity index (χ4n) is 2.38. The second-order valence-electron chi connectivity index (χ2n) is 4.67. The highest BCUT2D eigenvalue weighted by atomic mass is 35.5. The Morgan fingerprint density at radius 3 is 2.47 bits per heavy atom. The van der Waals surface area contributed by atoms with Gasteiger partial charge in [0, 0.05) is 13.1 Å². The Hall–Kier alpha value is -0.540. The van der Waals surface area contributed by atoms with Crippen LogP contribution < -0.4 is 5.32 Å². The first-order valence-corrected chi connectivity index (χ1v) is 6.80. The number of halogens is 1. The van der Waals surface area contributed by atoms with E-state index in [1.165, 1.54) is 0 Å². The van der Waals surface area contributed by atoms with Gasteiger partial charge in [0.05, 0.1) is 16.4 Å². The first-order valence-electron chi connectivity index (χ1n) is 6.42. The third-order valence-corrected chi connectivity index (χ3v) is 3.95. The van der Waals surface area contributed by atoms with Crippen molar-refractivity contribution in [3.05, 3.63) is 16.4 Å². The summed E-state index contributed by atoms with van der Waals surface area (Å²) >= 11 is 6.36. The Labute approximate surface area is 110 Å². The number of nitrogens with zero attached hydrogens (tertiary/aromatic N) is 2. The van der Waals surface area contributed by atoms with E-state index in [-0.39, 0.29) is 0 Å². The summed E-state index contributed by atoms with van der Waals surface area (Å²) in [5.74, 6) is 0.558. The Balaban J connectivity index is 2.84. The summed E-state index contributed by atoms with van der Waals surface area (Å²) in [6, 6.07) is 0.533. The largest absolute Gasteiger partial charge is 0.317 e. The molecular formula is C13H24ClN3. The molecule has 1 rings (SSSR count). The fourth-order valence-corrected chi connectivity index (χ4v) is 2.75. The molecule has 0 amide bonds. The number of aromatic nitrogens is 2. The molecule has 1 aromatic rings. The van der Waals surface area contributed by atoms with Gasteiger partial charge in [-0.05, 0) is 32.2 Å². The molecular weight excluding hydrogens is 234 g/mol. The van der Waals surface area contributed by atoms with Crippen LogP contribution in [0.15, 0.2) is 0 Å². The van der Waals surface area contributed by atoms with Crippen molar-refractivity contribution in [1.29, 1.82) is 0 Å². The van der Waals surface area contributed by atoms with Gasteiger partial charge in [0.2, 0.25) is 0 Å². The normalized spacial score (nSPS) is 14.9. The molecule has 17 heavy (non-hydrogen) atoms. The van der Waals surface area contributed by atoms with Crippen LogP contribution in [0.4, 0.5) is 0 Å². The van der Waals surface area contributed by atoms with Crippen molar-refractivity contribution in [3.8, 4) is 0 Å². The zero-order chi connectivity index (χ0) is 13.0. The van der Waals surface area contributed by atoms with Crippen LogP contribution in [0.5, 0.6) is 0 Å². The summed E-state index contributed by atoms with van der Waals surface area (Å²) in [6.45, 7) is 6.56. The topological polar surface area (TPSA) is 29.9 Å². The molecule has 0 aliphatic carbocycles. The van der Waals surface area contributed by atoms with Gasteiger partial charge in [-0.3, -0.25) is 4.68 Å². The molecule has 0 radical (unpaired) electrons. The van der Waals surface area contributed by atoms with Gasteiger partial charge in [-0.1, -0.05) is 32.4 Å². The lowest BCUT2D eigenvalue weighted by Crippen LogP contribution is -2.32. The van der Waals surface area contributed by atoms with Gasteiger partial charge in [-0.15, -0.1) is 0 Å². The SMILES string of the molecule is CCc1nn(C)c(CC(C)C(CC)NC)c1Cl. The highest BCUT2D eigenvalue weighted by molar-refractivity contribution is 6.31. The van der Waals surface area contributed by atoms with Crippen molar-refractivity contribution in [2.45, 2.75) is 46.1 Å². The summed E-state index contributed by atoms with van der Waals surface area (Å²) in [5.41, 5.74) is 2.17. The molecule has 1 heterocycles. The minimum absolute atomic E-state index is 0.533. The lowest BCUT2D eigenvalue weighted by Gasteiger charge is -2.22. The zero-order valence-corrected chi connectivity index (χ0v) is 12.3. The second-order valence-corrected chi connectivity index (χ2v) is 5.05. The predicted octanol–water partition coefficient (Wildman–Crippen LogP) is 2.81. The number of nitrogens with one attached hydrogen (secondary N) is 1. The maximum Gasteiger partial charge on any atom is 0.0849 e. The minimum atomic E-state index is 0.533. The van der Waals surface area contributed by atoms with Crippen molar-refractivity contribution in [3.63, 3.8) is 0 Å². The van der Waals surface area contributed by atoms with Crippen LogP contribution in [0.25, 0.3) is 0 Å². The molecule has 1 aromatic heterocycles. The van der Waals surface area contributed by atoms with E-state index >= 15 is 0 Å². The van der Waals surface area contributed by atoms with Gasteiger partial charge in [0.15, 0.2) is 0 Å². The van der Waals surface area contributed by atoms with Crippen molar-refractivity contribution in [2.24, 2.45) is 13.0 Å². The number of hydrogen-bond donors (Lipinski definition) is 1. The summed E-state index contributed by atoms with van der Waals surface area (Å²) in [7, 11) is 4.00. The second kappa shape index (κ2) is 6.41. The molecule has 0 fully saturated rings. The molecule has 0 aliphatic rings. The monoisotopic (exact) mass is 257 g/mol. The standard InChI is InChI=1S/C13H24ClN3/c1-6-10(15-4)9(3)8-12-13(14)11(7-2)16-17(12)5/h9-10,15H,6-8H2,1-5H3. The first-order chi connectivity index (χ1) is 8.04. The summed E-state index contributed by atoms with van der Waals surface area (Å²) in [4.78, 5) is 0. The van der Waals surface area contributed by atoms with Crippen LogP contribution in [0.2, 0.25) is 5.02 Å². The maximum absolute atomic E-state index is 6.36. The Kier molecular flexibility index (Phi) is 5.47. The molecule has 0 spiro atoms. The first kappa shape index (κ1) is 14.5. The molecule has 0 aromatic carbocycles. The van der Waals surface area contributed by atoms with Crippen molar-refractivity contribution < 1.29 is 0 Å². The molecule has 3 nitrogen and oxygen atoms in total. The molecule has 0 aliphatic heterocycles. The molecule has 0 saturated carbocycles. The van der Waals surface area contributed by atoms with E-state index in [4.69, 9.17) is 11.6 Å². The molecule has 0 saturated heterocycles. The number of hydrogen-bond acceptors (Lipinski definition) is 2. The molecule has 1 N–H and O–H groups in total. The summed E-state index contributed by atoms with van der Waals surface area (Å²) in [6.07, 6.45) is 3.00. The van der Waals surface area contributed by atoms with Gasteiger partial charge in [0.25, 0.3) is 0 Å². The van der Waals surface area contributed by atoms with E-state index < -0.39 is 0 Å². The lowest BCUT2D eigenvalue weighted by atomic mass is 9.94. The molecule has 0 bridgehead atoms. The van der Waals surface area contributed by atoms with Gasteiger partial charge >= 0.3 is 0 Å². The zero-order valence-electron chi connectivity index (χ0n) is 11.5. The van der Waals surface area contributed by atoms with E-state index in [0.717, 1.165) is 35.7 Å². The van der Waals surface area contributed by atoms with Crippen molar-refractivity contribution in [1.82, 2.24) is 15.1 Å². The quantitative estimate of drug-likeness (QED) is 0.849. The van der Waals surface area contributed by atoms with E-state index in [2.05, 4.69) is 31.2 Å². The highest BCUT2D eigenvalue weighted by Gasteiger charge is 2.19. The number of aryl methyl sites for hydroxylation is 2. The predicted molar refractivity (Wildman–Crippen MR) is 73.6 cm³/mol. The Morgan fingerprint density at radius 2 is 2.06 bits per heavy atom. The van der Waals surface area contributed by atoms with Gasteiger partial charge < -0.3 is 5.32 Å². The fraction of sp³-hybridized carbons (Fsp3) is 0.769. The number of rotatable bonds is 6. The van der Waals surface area contributed by atoms with E-state index in [9.17, 15) is 0 Å². The molecule has 98 valence electrons. The third-order valence-electron chi connectivity index (χ3n) is 3.52. The van der Waals surface area contributed by atoms with Crippen LogP contribution in [0.1, 0.15) is 38.6 Å². The van der Waals surface area contributed by atoms with Crippen LogP contribution in [-0.2, 0) is 19.9 Å². The van der Waals surface area contributed by atoms with Gasteiger partial charge in [0.1, 0.15) is 0 Å². The molecule has 4 heteroatoms. The Morgan fingerprint density at radius 1 is 1.41 bits per heavy atom. The van der Waals surface area contributed by atoms with Crippen LogP contribution >= 0.6 is 11.6 Å². The average molecular weight is 258 g/mol. The maximum atomic E-state index is 6.36.